The Balaban J connectivity index is 3.54. The number of halogens is 6. The second-order valence-corrected chi connectivity index (χ2v) is 3.52. The third-order valence-corrected chi connectivity index (χ3v) is 2.31. The van der Waals surface area contributed by atoms with Gasteiger partial charge in [0.2, 0.25) is 0 Å². The van der Waals surface area contributed by atoms with E-state index in [1.807, 2.05) is 0 Å². The number of alkyl halides is 6. The smallest absolute Gasteiger partial charge is 0.326 e. The maximum atomic E-state index is 12.5. The molecule has 0 heterocycles. The van der Waals surface area contributed by atoms with Crippen LogP contribution in [0.15, 0.2) is 12.1 Å². The Morgan fingerprint density at radius 1 is 0.941 bits per heavy atom. The van der Waals surface area contributed by atoms with E-state index >= 15 is 0 Å². The zero-order valence-corrected chi connectivity index (χ0v) is 8.71. The summed E-state index contributed by atoms with van der Waals surface area (Å²) in [6, 6.07) is 0.934. The zero-order chi connectivity index (χ0) is 13.4. The summed E-state index contributed by atoms with van der Waals surface area (Å²) in [5, 5.41) is 0. The van der Waals surface area contributed by atoms with Gasteiger partial charge in [0.1, 0.15) is 0 Å². The van der Waals surface area contributed by atoms with E-state index in [1.165, 1.54) is 6.92 Å². The van der Waals surface area contributed by atoms with Gasteiger partial charge in [0.05, 0.1) is 11.1 Å². The van der Waals surface area contributed by atoms with Gasteiger partial charge in [-0.2, -0.15) is 26.3 Å². The molecule has 0 spiro atoms. The van der Waals surface area contributed by atoms with E-state index in [2.05, 4.69) is 0 Å². The molecule has 2 N–H and O–H groups in total. The lowest BCUT2D eigenvalue weighted by molar-refractivity contribution is -0.162. The molecule has 0 saturated heterocycles. The molecule has 0 radical (unpaired) electrons. The Kier molecular flexibility index (Phi) is 3.42. The van der Waals surface area contributed by atoms with E-state index in [0.29, 0.717) is 12.1 Å². The molecular weight excluding hydrogens is 248 g/mol. The molecule has 1 aromatic carbocycles. The standard InChI is InChI=1S/C10H9F6N/c1-5-2-7(9(11,12)13)8(10(14,15)16)3-6(5)4-17/h2-3H,4,17H2,1H3. The van der Waals surface area contributed by atoms with Crippen LogP contribution in [0.25, 0.3) is 0 Å². The largest absolute Gasteiger partial charge is 0.417 e. The molecule has 1 nitrogen and oxygen atoms in total. The molecule has 1 rings (SSSR count). The van der Waals surface area contributed by atoms with Crippen LogP contribution in [-0.4, -0.2) is 0 Å². The Bertz CT molecular complexity index is 418. The summed E-state index contributed by atoms with van der Waals surface area (Å²) < 4.78 is 74.8. The monoisotopic (exact) mass is 257 g/mol. The van der Waals surface area contributed by atoms with E-state index in [4.69, 9.17) is 5.73 Å². The zero-order valence-electron chi connectivity index (χ0n) is 8.71. The third kappa shape index (κ3) is 2.91. The molecule has 0 atom stereocenters. The number of rotatable bonds is 1. The molecule has 0 aliphatic heterocycles. The Labute approximate surface area is 93.2 Å². The lowest BCUT2D eigenvalue weighted by Crippen LogP contribution is -2.18. The van der Waals surface area contributed by atoms with Crippen LogP contribution >= 0.6 is 0 Å². The Morgan fingerprint density at radius 3 is 1.71 bits per heavy atom. The molecule has 0 aliphatic carbocycles. The highest BCUT2D eigenvalue weighted by molar-refractivity contribution is 5.41. The lowest BCUT2D eigenvalue weighted by Gasteiger charge is -2.18. The molecule has 7 heteroatoms. The first-order valence-corrected chi connectivity index (χ1v) is 4.55. The fourth-order valence-corrected chi connectivity index (χ4v) is 1.44. The minimum Gasteiger partial charge on any atom is -0.326 e. The van der Waals surface area contributed by atoms with Crippen molar-refractivity contribution >= 4 is 0 Å². The van der Waals surface area contributed by atoms with Crippen LogP contribution in [0.5, 0.6) is 0 Å². The predicted molar refractivity (Wildman–Crippen MR) is 49.1 cm³/mol. The molecule has 0 saturated carbocycles. The summed E-state index contributed by atoms with van der Waals surface area (Å²) >= 11 is 0. The van der Waals surface area contributed by atoms with E-state index in [1.54, 1.807) is 0 Å². The molecule has 17 heavy (non-hydrogen) atoms. The first-order valence-electron chi connectivity index (χ1n) is 4.55. The molecular formula is C10H9F6N. The Morgan fingerprint density at radius 2 is 1.35 bits per heavy atom. The van der Waals surface area contributed by atoms with Crippen LogP contribution in [0.3, 0.4) is 0 Å². The minimum absolute atomic E-state index is 0.0466. The maximum Gasteiger partial charge on any atom is 0.417 e. The molecule has 0 fully saturated rings. The first-order chi connectivity index (χ1) is 7.57. The Hall–Kier alpha value is -1.24. The van der Waals surface area contributed by atoms with Gasteiger partial charge >= 0.3 is 12.4 Å². The van der Waals surface area contributed by atoms with E-state index < -0.39 is 23.5 Å². The van der Waals surface area contributed by atoms with Crippen LogP contribution in [0.1, 0.15) is 22.3 Å². The average Bonchev–Trinajstić information content (AvgIpc) is 2.14. The highest BCUT2D eigenvalue weighted by Gasteiger charge is 2.43. The highest BCUT2D eigenvalue weighted by atomic mass is 19.4. The normalized spacial score (nSPS) is 12.9. The van der Waals surface area contributed by atoms with Crippen LogP contribution in [0.2, 0.25) is 0 Å². The van der Waals surface area contributed by atoms with Crippen LogP contribution in [-0.2, 0) is 18.9 Å². The van der Waals surface area contributed by atoms with Crippen molar-refractivity contribution in [3.63, 3.8) is 0 Å². The van der Waals surface area contributed by atoms with Crippen molar-refractivity contribution in [2.45, 2.75) is 25.8 Å². The van der Waals surface area contributed by atoms with Gasteiger partial charge in [0.25, 0.3) is 0 Å². The number of aryl methyl sites for hydroxylation is 1. The van der Waals surface area contributed by atoms with Crippen LogP contribution in [0.4, 0.5) is 26.3 Å². The summed E-state index contributed by atoms with van der Waals surface area (Å²) in [6.45, 7) is 1.05. The predicted octanol–water partition coefficient (Wildman–Crippen LogP) is 3.49. The molecule has 0 amide bonds. The number of nitrogens with two attached hydrogens (primary N) is 1. The van der Waals surface area contributed by atoms with Crippen molar-refractivity contribution in [3.05, 3.63) is 34.4 Å². The fourth-order valence-electron chi connectivity index (χ4n) is 1.44. The van der Waals surface area contributed by atoms with Crippen molar-refractivity contribution in [3.8, 4) is 0 Å². The minimum atomic E-state index is -5.05. The number of hydrogen-bond acceptors (Lipinski definition) is 1. The number of hydrogen-bond donors (Lipinski definition) is 1. The SMILES string of the molecule is Cc1cc(C(F)(F)F)c(C(F)(F)F)cc1CN. The van der Waals surface area contributed by atoms with Crippen LogP contribution in [0, 0.1) is 6.92 Å². The van der Waals surface area contributed by atoms with Gasteiger partial charge in [-0.05, 0) is 30.2 Å². The van der Waals surface area contributed by atoms with E-state index in [9.17, 15) is 26.3 Å². The van der Waals surface area contributed by atoms with Crippen molar-refractivity contribution in [1.29, 1.82) is 0 Å². The topological polar surface area (TPSA) is 26.0 Å². The maximum absolute atomic E-state index is 12.5. The van der Waals surface area contributed by atoms with Crippen molar-refractivity contribution in [2.75, 3.05) is 0 Å². The van der Waals surface area contributed by atoms with Gasteiger partial charge in [-0.1, -0.05) is 0 Å². The second-order valence-electron chi connectivity index (χ2n) is 3.52. The number of benzene rings is 1. The molecule has 0 aliphatic rings. The summed E-state index contributed by atoms with van der Waals surface area (Å²) in [4.78, 5) is 0. The van der Waals surface area contributed by atoms with Gasteiger partial charge in [0.15, 0.2) is 0 Å². The summed E-state index contributed by atoms with van der Waals surface area (Å²) in [7, 11) is 0. The van der Waals surface area contributed by atoms with E-state index in [0.717, 1.165) is 0 Å². The van der Waals surface area contributed by atoms with Gasteiger partial charge in [-0.15, -0.1) is 0 Å². The molecule has 96 valence electrons. The van der Waals surface area contributed by atoms with Crippen molar-refractivity contribution in [1.82, 2.24) is 0 Å². The van der Waals surface area contributed by atoms with Gasteiger partial charge in [0, 0.05) is 6.54 Å². The highest BCUT2D eigenvalue weighted by Crippen LogP contribution is 2.41. The molecule has 0 unspecified atom stereocenters. The first kappa shape index (κ1) is 13.8. The fraction of sp³-hybridized carbons (Fsp3) is 0.400. The second kappa shape index (κ2) is 4.21. The lowest BCUT2D eigenvalue weighted by atomic mass is 9.98. The molecule has 1 aromatic rings. The molecule has 0 bridgehead atoms. The van der Waals surface area contributed by atoms with Crippen molar-refractivity contribution < 1.29 is 26.3 Å². The third-order valence-electron chi connectivity index (χ3n) is 2.31. The average molecular weight is 257 g/mol. The van der Waals surface area contributed by atoms with Crippen molar-refractivity contribution in [2.24, 2.45) is 5.73 Å². The summed E-state index contributed by atoms with van der Waals surface area (Å²) in [6.07, 6.45) is -10.1. The molecule has 0 aromatic heterocycles. The summed E-state index contributed by atoms with van der Waals surface area (Å²) in [5.41, 5.74) is 1.93. The van der Waals surface area contributed by atoms with Gasteiger partial charge in [-0.25, -0.2) is 0 Å². The summed E-state index contributed by atoms with van der Waals surface area (Å²) in [5.74, 6) is 0. The van der Waals surface area contributed by atoms with Gasteiger partial charge < -0.3 is 5.73 Å². The quantitative estimate of drug-likeness (QED) is 0.766. The van der Waals surface area contributed by atoms with E-state index in [-0.39, 0.29) is 17.7 Å². The van der Waals surface area contributed by atoms with Gasteiger partial charge in [-0.3, -0.25) is 0 Å². The van der Waals surface area contributed by atoms with Crippen LogP contribution < -0.4 is 5.73 Å².